The van der Waals surface area contributed by atoms with Crippen molar-refractivity contribution < 1.29 is 9.84 Å². The molecule has 2 atom stereocenters. The summed E-state index contributed by atoms with van der Waals surface area (Å²) < 4.78 is 6.84. The van der Waals surface area contributed by atoms with Gasteiger partial charge in [-0.05, 0) is 18.9 Å². The van der Waals surface area contributed by atoms with Gasteiger partial charge < -0.3 is 15.6 Å². The van der Waals surface area contributed by atoms with Crippen LogP contribution in [-0.4, -0.2) is 27.4 Å². The van der Waals surface area contributed by atoms with E-state index in [2.05, 4.69) is 18.1 Å². The summed E-state index contributed by atoms with van der Waals surface area (Å²) in [5.74, 6) is 0.202. The van der Waals surface area contributed by atoms with Crippen LogP contribution in [0.2, 0.25) is 0 Å². The third kappa shape index (κ3) is 3.15. The van der Waals surface area contributed by atoms with Crippen molar-refractivity contribution in [3.05, 3.63) is 35.9 Å². The quantitative estimate of drug-likeness (QED) is 0.724. The predicted molar refractivity (Wildman–Crippen MR) is 64.4 cm³/mol. The molecule has 6 heteroatoms. The van der Waals surface area contributed by atoms with Crippen molar-refractivity contribution in [1.82, 2.24) is 9.55 Å². The van der Waals surface area contributed by atoms with E-state index in [9.17, 15) is 4.79 Å². The van der Waals surface area contributed by atoms with Gasteiger partial charge in [0.25, 0.3) is 0 Å². The highest BCUT2D eigenvalue weighted by Crippen LogP contribution is 2.26. The Kier molecular flexibility index (Phi) is 4.86. The zero-order valence-electron chi connectivity index (χ0n) is 9.58. The molecule has 1 fully saturated rings. The van der Waals surface area contributed by atoms with Gasteiger partial charge in [-0.1, -0.05) is 0 Å². The fourth-order valence-electron chi connectivity index (χ4n) is 1.67. The highest BCUT2D eigenvalue weighted by Gasteiger charge is 2.26. The number of nitrogen functional groups attached to an aromatic ring is 1. The van der Waals surface area contributed by atoms with Crippen molar-refractivity contribution >= 4 is 5.82 Å². The molecule has 0 spiro atoms. The van der Waals surface area contributed by atoms with Gasteiger partial charge in [0.05, 0.1) is 12.7 Å². The van der Waals surface area contributed by atoms with Crippen molar-refractivity contribution in [1.29, 1.82) is 0 Å². The topological polar surface area (TPSA) is 90.4 Å². The molecule has 2 unspecified atom stereocenters. The van der Waals surface area contributed by atoms with Gasteiger partial charge >= 0.3 is 5.69 Å². The molecule has 3 N–H and O–H groups in total. The standard InChI is InChI=1S/C9H13N3O3.C2H4/c10-7-3-4-12(9(14)11-7)8-2-1-6(5-13)15-8;1-2/h3-4,6,8,13H,1-2,5H2,(H2,10,11,14);1-2H2. The Morgan fingerprint density at radius 1 is 1.59 bits per heavy atom. The maximum atomic E-state index is 11.5. The summed E-state index contributed by atoms with van der Waals surface area (Å²) in [6, 6.07) is 1.55. The van der Waals surface area contributed by atoms with Crippen LogP contribution in [0, 0.1) is 0 Å². The molecule has 2 heterocycles. The average Bonchev–Trinajstić information content (AvgIpc) is 2.80. The number of ether oxygens (including phenoxy) is 1. The maximum absolute atomic E-state index is 11.5. The van der Waals surface area contributed by atoms with E-state index in [1.54, 1.807) is 12.3 Å². The van der Waals surface area contributed by atoms with E-state index in [0.29, 0.717) is 6.42 Å². The molecule has 0 bridgehead atoms. The number of rotatable bonds is 2. The Balaban J connectivity index is 0.000000686. The van der Waals surface area contributed by atoms with Gasteiger partial charge in [0.1, 0.15) is 12.0 Å². The SMILES string of the molecule is C=C.Nc1ccn(C2CCC(CO)O2)c(=O)n1. The molecule has 2 rings (SSSR count). The third-order valence-corrected chi connectivity index (χ3v) is 2.45. The molecule has 1 saturated heterocycles. The van der Waals surface area contributed by atoms with Crippen LogP contribution in [-0.2, 0) is 4.74 Å². The van der Waals surface area contributed by atoms with Crippen LogP contribution in [0.15, 0.2) is 30.2 Å². The van der Waals surface area contributed by atoms with Crippen LogP contribution in [0.5, 0.6) is 0 Å². The van der Waals surface area contributed by atoms with E-state index in [-0.39, 0.29) is 24.8 Å². The second kappa shape index (κ2) is 6.17. The number of aromatic nitrogens is 2. The molecule has 94 valence electrons. The maximum Gasteiger partial charge on any atom is 0.351 e. The molecule has 0 radical (unpaired) electrons. The first-order valence-electron chi connectivity index (χ1n) is 5.31. The summed E-state index contributed by atoms with van der Waals surface area (Å²) in [6.45, 7) is 5.98. The lowest BCUT2D eigenvalue weighted by Crippen LogP contribution is -2.27. The van der Waals surface area contributed by atoms with E-state index < -0.39 is 5.69 Å². The summed E-state index contributed by atoms with van der Waals surface area (Å²) in [6.07, 6.45) is 2.51. The molecule has 17 heavy (non-hydrogen) atoms. The third-order valence-electron chi connectivity index (χ3n) is 2.45. The zero-order valence-corrected chi connectivity index (χ0v) is 9.58. The normalized spacial score (nSPS) is 22.9. The van der Waals surface area contributed by atoms with Crippen LogP contribution in [0.25, 0.3) is 0 Å². The van der Waals surface area contributed by atoms with Gasteiger partial charge in [-0.3, -0.25) is 4.57 Å². The lowest BCUT2D eigenvalue weighted by molar-refractivity contribution is -0.0245. The van der Waals surface area contributed by atoms with Gasteiger partial charge in [0.15, 0.2) is 0 Å². The second-order valence-corrected chi connectivity index (χ2v) is 3.51. The van der Waals surface area contributed by atoms with Gasteiger partial charge in [-0.2, -0.15) is 4.98 Å². The van der Waals surface area contributed by atoms with Crippen molar-refractivity contribution in [3.63, 3.8) is 0 Å². The molecule has 0 aromatic carbocycles. The average molecular weight is 239 g/mol. The summed E-state index contributed by atoms with van der Waals surface area (Å²) in [4.78, 5) is 15.1. The Hall–Kier alpha value is -1.66. The Morgan fingerprint density at radius 3 is 2.82 bits per heavy atom. The summed E-state index contributed by atoms with van der Waals surface area (Å²) in [5, 5.41) is 8.90. The van der Waals surface area contributed by atoms with E-state index in [0.717, 1.165) is 6.42 Å². The molecule has 1 aromatic heterocycles. The van der Waals surface area contributed by atoms with E-state index >= 15 is 0 Å². The molecule has 1 aliphatic rings. The summed E-state index contributed by atoms with van der Waals surface area (Å²) in [7, 11) is 0. The highest BCUT2D eigenvalue weighted by molar-refractivity contribution is 5.23. The lowest BCUT2D eigenvalue weighted by atomic mass is 10.2. The Bertz CT molecular complexity index is 419. The number of anilines is 1. The van der Waals surface area contributed by atoms with E-state index in [4.69, 9.17) is 15.6 Å². The molecule has 1 aliphatic heterocycles. The number of aliphatic hydroxyl groups is 1. The smallest absolute Gasteiger partial charge is 0.351 e. The minimum Gasteiger partial charge on any atom is -0.394 e. The fraction of sp³-hybridized carbons (Fsp3) is 0.455. The van der Waals surface area contributed by atoms with Crippen LogP contribution in [0.4, 0.5) is 5.82 Å². The molecule has 0 aliphatic carbocycles. The second-order valence-electron chi connectivity index (χ2n) is 3.51. The zero-order chi connectivity index (χ0) is 12.8. The minimum absolute atomic E-state index is 0.0202. The number of hydrogen-bond acceptors (Lipinski definition) is 5. The van der Waals surface area contributed by atoms with Crippen LogP contribution in [0.1, 0.15) is 19.1 Å². The largest absolute Gasteiger partial charge is 0.394 e. The number of nitrogens with two attached hydrogens (primary N) is 1. The van der Waals surface area contributed by atoms with Gasteiger partial charge in [-0.15, -0.1) is 13.2 Å². The Labute approximate surface area is 99.4 Å². The van der Waals surface area contributed by atoms with Crippen LogP contribution < -0.4 is 11.4 Å². The molecular weight excluding hydrogens is 222 g/mol. The monoisotopic (exact) mass is 239 g/mol. The van der Waals surface area contributed by atoms with Gasteiger partial charge in [-0.25, -0.2) is 4.79 Å². The number of nitrogens with zero attached hydrogens (tertiary/aromatic N) is 2. The number of hydrogen-bond donors (Lipinski definition) is 2. The van der Waals surface area contributed by atoms with Crippen LogP contribution >= 0.6 is 0 Å². The highest BCUT2D eigenvalue weighted by atomic mass is 16.5. The van der Waals surface area contributed by atoms with Crippen molar-refractivity contribution in [3.8, 4) is 0 Å². The van der Waals surface area contributed by atoms with E-state index in [1.165, 1.54) is 4.57 Å². The molecule has 6 nitrogen and oxygen atoms in total. The first-order valence-corrected chi connectivity index (χ1v) is 5.31. The number of aliphatic hydroxyl groups excluding tert-OH is 1. The van der Waals surface area contributed by atoms with Crippen molar-refractivity contribution in [2.24, 2.45) is 0 Å². The molecular formula is C11H17N3O3. The summed E-state index contributed by atoms with van der Waals surface area (Å²) >= 11 is 0. The predicted octanol–water partition coefficient (Wildman–Crippen LogP) is 0.298. The molecule has 0 saturated carbocycles. The first kappa shape index (κ1) is 13.4. The molecule has 1 aromatic rings. The van der Waals surface area contributed by atoms with Gasteiger partial charge in [0, 0.05) is 6.20 Å². The van der Waals surface area contributed by atoms with Crippen molar-refractivity contribution in [2.45, 2.75) is 25.2 Å². The summed E-state index contributed by atoms with van der Waals surface area (Å²) in [5.41, 5.74) is 4.96. The first-order chi connectivity index (χ1) is 8.20. The minimum atomic E-state index is -0.418. The Morgan fingerprint density at radius 2 is 2.29 bits per heavy atom. The van der Waals surface area contributed by atoms with E-state index in [1.807, 2.05) is 0 Å². The lowest BCUT2D eigenvalue weighted by Gasteiger charge is -2.14. The van der Waals surface area contributed by atoms with Crippen LogP contribution in [0.3, 0.4) is 0 Å². The van der Waals surface area contributed by atoms with Gasteiger partial charge in [0.2, 0.25) is 0 Å². The molecule has 0 amide bonds. The van der Waals surface area contributed by atoms with Crippen molar-refractivity contribution in [2.75, 3.05) is 12.3 Å². The fourth-order valence-corrected chi connectivity index (χ4v) is 1.67.